The maximum atomic E-state index is 13.0. The lowest BCUT2D eigenvalue weighted by Crippen LogP contribution is -1.80. The highest BCUT2D eigenvalue weighted by atomic mass is 79.9. The summed E-state index contributed by atoms with van der Waals surface area (Å²) in [6.07, 6.45) is 0. The van der Waals surface area contributed by atoms with Gasteiger partial charge in [-0.2, -0.15) is 8.75 Å². The monoisotopic (exact) mass is 266 g/mol. The zero-order chi connectivity index (χ0) is 8.72. The van der Waals surface area contributed by atoms with Crippen molar-refractivity contribution in [3.8, 4) is 0 Å². The van der Waals surface area contributed by atoms with E-state index in [-0.39, 0.29) is 5.02 Å². The molecular weight excluding hydrogens is 267 g/mol. The minimum atomic E-state index is -0.483. The van der Waals surface area contributed by atoms with Crippen molar-refractivity contribution < 1.29 is 4.39 Å². The Morgan fingerprint density at radius 2 is 2.08 bits per heavy atom. The van der Waals surface area contributed by atoms with Crippen molar-refractivity contribution in [2.75, 3.05) is 0 Å². The lowest BCUT2D eigenvalue weighted by molar-refractivity contribution is 0.629. The molecule has 0 aliphatic carbocycles. The minimum Gasteiger partial charge on any atom is -0.205 e. The van der Waals surface area contributed by atoms with Gasteiger partial charge in [-0.25, -0.2) is 4.39 Å². The fourth-order valence-corrected chi connectivity index (χ4v) is 2.24. The highest BCUT2D eigenvalue weighted by molar-refractivity contribution is 9.10. The summed E-state index contributed by atoms with van der Waals surface area (Å²) in [6.45, 7) is 0. The second-order valence-corrected chi connectivity index (χ2v) is 3.88. The van der Waals surface area contributed by atoms with Gasteiger partial charge in [0.1, 0.15) is 21.9 Å². The van der Waals surface area contributed by atoms with Crippen LogP contribution in [0.5, 0.6) is 0 Å². The topological polar surface area (TPSA) is 25.8 Å². The number of nitrogens with zero attached hydrogens (tertiary/aromatic N) is 2. The van der Waals surface area contributed by atoms with Crippen molar-refractivity contribution in [2.24, 2.45) is 0 Å². The smallest absolute Gasteiger partial charge is 0.145 e. The summed E-state index contributed by atoms with van der Waals surface area (Å²) in [5.41, 5.74) is 1.01. The van der Waals surface area contributed by atoms with E-state index in [2.05, 4.69) is 24.7 Å². The van der Waals surface area contributed by atoms with Crippen molar-refractivity contribution >= 4 is 50.3 Å². The molecule has 2 rings (SSSR count). The molecule has 1 aromatic heterocycles. The Hall–Kier alpha value is -0.260. The Morgan fingerprint density at radius 3 is 2.83 bits per heavy atom. The molecule has 0 N–H and O–H groups in total. The molecule has 0 saturated heterocycles. The first-order chi connectivity index (χ1) is 5.70. The van der Waals surface area contributed by atoms with E-state index in [1.54, 1.807) is 0 Å². The van der Waals surface area contributed by atoms with Gasteiger partial charge < -0.3 is 0 Å². The van der Waals surface area contributed by atoms with Gasteiger partial charge in [0, 0.05) is 4.47 Å². The molecule has 0 unspecified atom stereocenters. The predicted molar refractivity (Wildman–Crippen MR) is 50.1 cm³/mol. The first-order valence-corrected chi connectivity index (χ1v) is 4.86. The number of hydrogen-bond donors (Lipinski definition) is 0. The van der Waals surface area contributed by atoms with E-state index in [9.17, 15) is 4.39 Å². The van der Waals surface area contributed by atoms with Gasteiger partial charge in [0.2, 0.25) is 0 Å². The fourth-order valence-electron chi connectivity index (χ4n) is 0.845. The number of aromatic nitrogens is 2. The third-order valence-corrected chi connectivity index (χ3v) is 2.88. The van der Waals surface area contributed by atoms with Gasteiger partial charge in [-0.05, 0) is 22.0 Å². The Kier molecular flexibility index (Phi) is 2.02. The van der Waals surface area contributed by atoms with Crippen LogP contribution in [0.15, 0.2) is 10.5 Å². The number of fused-ring (bicyclic) bond motifs is 1. The predicted octanol–water partition coefficient (Wildman–Crippen LogP) is 3.25. The van der Waals surface area contributed by atoms with Crippen molar-refractivity contribution in [1.29, 1.82) is 0 Å². The van der Waals surface area contributed by atoms with E-state index < -0.39 is 5.82 Å². The average molecular weight is 268 g/mol. The summed E-state index contributed by atoms with van der Waals surface area (Å²) in [4.78, 5) is 0. The molecule has 62 valence electrons. The summed E-state index contributed by atoms with van der Waals surface area (Å²) in [6, 6.07) is 1.28. The van der Waals surface area contributed by atoms with Crippen LogP contribution in [0.4, 0.5) is 4.39 Å². The fraction of sp³-hybridized carbons (Fsp3) is 0. The van der Waals surface area contributed by atoms with Crippen LogP contribution in [0.1, 0.15) is 0 Å². The van der Waals surface area contributed by atoms with E-state index in [1.807, 2.05) is 0 Å². The zero-order valence-corrected chi connectivity index (χ0v) is 8.67. The van der Waals surface area contributed by atoms with Crippen molar-refractivity contribution in [3.05, 3.63) is 21.4 Å². The Labute approximate surface area is 84.8 Å². The number of rotatable bonds is 0. The molecule has 0 spiro atoms. The number of benzene rings is 1. The van der Waals surface area contributed by atoms with Gasteiger partial charge in [0.25, 0.3) is 0 Å². The first kappa shape index (κ1) is 8.34. The molecule has 0 aliphatic rings. The lowest BCUT2D eigenvalue weighted by atomic mass is 10.3. The highest BCUT2D eigenvalue weighted by Gasteiger charge is 2.12. The number of hydrogen-bond acceptors (Lipinski definition) is 3. The maximum absolute atomic E-state index is 13.0. The molecule has 1 aromatic carbocycles. The molecule has 2 aromatic rings. The zero-order valence-electron chi connectivity index (χ0n) is 5.51. The third kappa shape index (κ3) is 1.12. The Morgan fingerprint density at radius 1 is 1.42 bits per heavy atom. The van der Waals surface area contributed by atoms with Crippen LogP contribution in [0.25, 0.3) is 11.0 Å². The molecular formula is C6HBrClFN2S. The van der Waals surface area contributed by atoms with Crippen LogP contribution in [0.2, 0.25) is 5.02 Å². The van der Waals surface area contributed by atoms with Crippen LogP contribution < -0.4 is 0 Å². The van der Waals surface area contributed by atoms with Crippen LogP contribution >= 0.6 is 39.3 Å². The molecule has 12 heavy (non-hydrogen) atoms. The van der Waals surface area contributed by atoms with Crippen molar-refractivity contribution in [3.63, 3.8) is 0 Å². The molecule has 1 heterocycles. The maximum Gasteiger partial charge on any atom is 0.145 e. The van der Waals surface area contributed by atoms with E-state index in [0.717, 1.165) is 11.7 Å². The van der Waals surface area contributed by atoms with E-state index in [4.69, 9.17) is 11.6 Å². The van der Waals surface area contributed by atoms with Gasteiger partial charge in [0.05, 0.1) is 11.7 Å². The van der Waals surface area contributed by atoms with Crippen LogP contribution in [-0.2, 0) is 0 Å². The van der Waals surface area contributed by atoms with E-state index in [1.165, 1.54) is 6.07 Å². The Balaban J connectivity index is 2.97. The average Bonchev–Trinajstić information content (AvgIpc) is 2.48. The van der Waals surface area contributed by atoms with Crippen molar-refractivity contribution in [1.82, 2.24) is 8.75 Å². The molecule has 0 saturated carbocycles. The molecule has 0 aliphatic heterocycles. The highest BCUT2D eigenvalue weighted by Crippen LogP contribution is 2.30. The molecule has 0 bridgehead atoms. The summed E-state index contributed by atoms with van der Waals surface area (Å²) >= 11 is 9.82. The molecule has 6 heteroatoms. The molecule has 0 radical (unpaired) electrons. The quantitative estimate of drug-likeness (QED) is 0.685. The van der Waals surface area contributed by atoms with Gasteiger partial charge in [-0.3, -0.25) is 0 Å². The van der Waals surface area contributed by atoms with E-state index >= 15 is 0 Å². The normalized spacial score (nSPS) is 10.9. The first-order valence-electron chi connectivity index (χ1n) is 2.96. The van der Waals surface area contributed by atoms with Crippen LogP contribution in [0.3, 0.4) is 0 Å². The lowest BCUT2D eigenvalue weighted by Gasteiger charge is -1.95. The second-order valence-electron chi connectivity index (χ2n) is 2.12. The summed E-state index contributed by atoms with van der Waals surface area (Å²) in [5.74, 6) is -0.483. The SMILES string of the molecule is Fc1cc(Br)c2nsnc2c1Cl. The molecule has 0 amide bonds. The number of halogens is 3. The second kappa shape index (κ2) is 2.90. The van der Waals surface area contributed by atoms with Gasteiger partial charge in [-0.15, -0.1) is 0 Å². The summed E-state index contributed by atoms with van der Waals surface area (Å²) in [5, 5.41) is 0.0296. The van der Waals surface area contributed by atoms with Gasteiger partial charge in [-0.1, -0.05) is 11.6 Å². The standard InChI is InChI=1S/C6HBrClFN2S/c7-2-1-3(9)4(8)6-5(2)10-12-11-6/h1H. The summed E-state index contributed by atoms with van der Waals surface area (Å²) in [7, 11) is 0. The van der Waals surface area contributed by atoms with Gasteiger partial charge >= 0.3 is 0 Å². The largest absolute Gasteiger partial charge is 0.205 e. The summed E-state index contributed by atoms with van der Waals surface area (Å²) < 4.78 is 21.4. The van der Waals surface area contributed by atoms with Crippen LogP contribution in [0, 0.1) is 5.82 Å². The molecule has 0 atom stereocenters. The molecule has 0 fully saturated rings. The Bertz CT molecular complexity index is 444. The van der Waals surface area contributed by atoms with Gasteiger partial charge in [0.15, 0.2) is 0 Å². The molecule has 2 nitrogen and oxygen atoms in total. The van der Waals surface area contributed by atoms with Crippen LogP contribution in [-0.4, -0.2) is 8.75 Å². The van der Waals surface area contributed by atoms with Crippen molar-refractivity contribution in [2.45, 2.75) is 0 Å². The minimum absolute atomic E-state index is 0.0296. The third-order valence-electron chi connectivity index (χ3n) is 1.39. The van der Waals surface area contributed by atoms with E-state index in [0.29, 0.717) is 15.5 Å².